The first-order valence-electron chi connectivity index (χ1n) is 8.60. The average molecular weight is 384 g/mol. The summed E-state index contributed by atoms with van der Waals surface area (Å²) >= 11 is 0. The molecule has 0 bridgehead atoms. The highest BCUT2D eigenvalue weighted by atomic mass is 32.2. The maximum absolute atomic E-state index is 13.1. The second-order valence-electron chi connectivity index (χ2n) is 6.43. The molecule has 0 radical (unpaired) electrons. The van der Waals surface area contributed by atoms with Crippen LogP contribution >= 0.6 is 0 Å². The van der Waals surface area contributed by atoms with E-state index in [4.69, 9.17) is 4.74 Å². The molecule has 27 heavy (non-hydrogen) atoms. The van der Waals surface area contributed by atoms with Crippen LogP contribution in [0.5, 0.6) is 5.75 Å². The minimum Gasteiger partial charge on any atom is -0.496 e. The van der Waals surface area contributed by atoms with Crippen molar-refractivity contribution < 1.29 is 17.9 Å². The Morgan fingerprint density at radius 1 is 1.26 bits per heavy atom. The molecule has 1 fully saturated rings. The van der Waals surface area contributed by atoms with E-state index in [1.54, 1.807) is 37.4 Å². The zero-order valence-corrected chi connectivity index (χ0v) is 16.0. The molecule has 0 aliphatic carbocycles. The lowest BCUT2D eigenvalue weighted by Gasteiger charge is -2.24. The highest BCUT2D eigenvalue weighted by Gasteiger charge is 2.40. The van der Waals surface area contributed by atoms with Crippen molar-refractivity contribution in [2.75, 3.05) is 13.7 Å². The van der Waals surface area contributed by atoms with Gasteiger partial charge in [0.25, 0.3) is 0 Å². The maximum Gasteiger partial charge on any atom is 0.245 e. The van der Waals surface area contributed by atoms with Crippen molar-refractivity contribution in [3.8, 4) is 11.8 Å². The fraction of sp³-hybridized carbons (Fsp3) is 0.300. The van der Waals surface area contributed by atoms with Gasteiger partial charge in [-0.25, -0.2) is 8.42 Å². The molecular formula is C20H20N2O4S. The largest absolute Gasteiger partial charge is 0.496 e. The maximum atomic E-state index is 13.1. The minimum absolute atomic E-state index is 0.0573. The van der Waals surface area contributed by atoms with Crippen LogP contribution in [-0.4, -0.2) is 38.2 Å². The Bertz CT molecular complexity index is 1020. The lowest BCUT2D eigenvalue weighted by Crippen LogP contribution is -2.40. The van der Waals surface area contributed by atoms with Crippen molar-refractivity contribution in [2.24, 2.45) is 0 Å². The number of Topliss-reactive ketones (excluding diaryl/α,β-unsaturated/α-hetero) is 1. The number of benzene rings is 2. The molecule has 2 aromatic rings. The summed E-state index contributed by atoms with van der Waals surface area (Å²) in [6, 6.07) is 12.3. The number of carbonyl (C=O) groups excluding carboxylic acids is 1. The fourth-order valence-corrected chi connectivity index (χ4v) is 5.22. The van der Waals surface area contributed by atoms with Gasteiger partial charge in [0.1, 0.15) is 11.8 Å². The van der Waals surface area contributed by atoms with Gasteiger partial charge in [-0.05, 0) is 55.7 Å². The van der Waals surface area contributed by atoms with Crippen LogP contribution in [0.2, 0.25) is 0 Å². The summed E-state index contributed by atoms with van der Waals surface area (Å²) in [5, 5.41) is 9.25. The van der Waals surface area contributed by atoms with Gasteiger partial charge in [0, 0.05) is 12.1 Å². The van der Waals surface area contributed by atoms with E-state index in [9.17, 15) is 18.5 Å². The molecule has 1 unspecified atom stereocenters. The summed E-state index contributed by atoms with van der Waals surface area (Å²) in [4.78, 5) is 13.0. The van der Waals surface area contributed by atoms with Crippen LogP contribution in [0.15, 0.2) is 47.4 Å². The summed E-state index contributed by atoms with van der Waals surface area (Å²) in [6.07, 6.45) is 1.05. The van der Waals surface area contributed by atoms with E-state index in [2.05, 4.69) is 0 Å². The van der Waals surface area contributed by atoms with E-state index in [1.165, 1.54) is 16.4 Å². The molecule has 1 atom stereocenters. The normalized spacial score (nSPS) is 17.4. The predicted molar refractivity (Wildman–Crippen MR) is 100 cm³/mol. The van der Waals surface area contributed by atoms with Crippen molar-refractivity contribution in [1.82, 2.24) is 4.31 Å². The summed E-state index contributed by atoms with van der Waals surface area (Å²) in [7, 11) is -2.38. The van der Waals surface area contributed by atoms with E-state index in [1.807, 2.05) is 13.0 Å². The van der Waals surface area contributed by atoms with Crippen molar-refractivity contribution in [1.29, 1.82) is 5.26 Å². The van der Waals surface area contributed by atoms with E-state index in [-0.39, 0.29) is 22.8 Å². The summed E-state index contributed by atoms with van der Waals surface area (Å²) in [6.45, 7) is 2.09. The third-order valence-electron chi connectivity index (χ3n) is 4.78. The number of carbonyl (C=O) groups is 1. The Balaban J connectivity index is 1.96. The summed E-state index contributed by atoms with van der Waals surface area (Å²) in [5.41, 5.74) is 1.34. The lowest BCUT2D eigenvalue weighted by molar-refractivity contribution is 0.0918. The Morgan fingerprint density at radius 3 is 2.67 bits per heavy atom. The minimum atomic E-state index is -3.94. The van der Waals surface area contributed by atoms with E-state index < -0.39 is 16.1 Å². The molecule has 3 rings (SSSR count). The number of nitriles is 1. The van der Waals surface area contributed by atoms with Gasteiger partial charge in [0.2, 0.25) is 10.0 Å². The Hall–Kier alpha value is -2.69. The summed E-state index contributed by atoms with van der Waals surface area (Å²) in [5.74, 6) is 0.432. The van der Waals surface area contributed by atoms with Crippen LogP contribution in [-0.2, 0) is 10.0 Å². The van der Waals surface area contributed by atoms with Gasteiger partial charge in [-0.1, -0.05) is 12.1 Å². The van der Waals surface area contributed by atoms with Gasteiger partial charge in [-0.3, -0.25) is 4.79 Å². The highest BCUT2D eigenvalue weighted by Crippen LogP contribution is 2.30. The predicted octanol–water partition coefficient (Wildman–Crippen LogP) is 2.91. The Labute approximate surface area is 159 Å². The Kier molecular flexibility index (Phi) is 5.31. The number of hydrogen-bond donors (Lipinski definition) is 0. The highest BCUT2D eigenvalue weighted by molar-refractivity contribution is 7.89. The molecule has 0 spiro atoms. The number of aryl methyl sites for hydroxylation is 1. The number of rotatable bonds is 5. The van der Waals surface area contributed by atoms with Gasteiger partial charge in [0.15, 0.2) is 5.78 Å². The van der Waals surface area contributed by atoms with Crippen molar-refractivity contribution in [3.05, 3.63) is 59.2 Å². The van der Waals surface area contributed by atoms with Crippen LogP contribution in [0, 0.1) is 18.3 Å². The first-order valence-corrected chi connectivity index (χ1v) is 10.0. The number of nitrogens with zero attached hydrogens (tertiary/aromatic N) is 2. The molecule has 140 valence electrons. The molecule has 1 aliphatic heterocycles. The standard InChI is InChI=1S/C20H20N2O4S/c1-14-12-15(9-10-18(14)26-2)20(23)17-7-5-11-22(17)27(24,25)19-8-4-3-6-16(19)13-21/h3-4,6,8-10,12,17H,5,7,11H2,1-2H3. The van der Waals surface area contributed by atoms with Crippen LogP contribution in [0.1, 0.15) is 34.3 Å². The number of methoxy groups -OCH3 is 1. The molecule has 6 nitrogen and oxygen atoms in total. The van der Waals surface area contributed by atoms with Gasteiger partial charge in [0.05, 0.1) is 23.6 Å². The zero-order valence-electron chi connectivity index (χ0n) is 15.2. The average Bonchev–Trinajstić information content (AvgIpc) is 3.18. The van der Waals surface area contributed by atoms with Gasteiger partial charge in [-0.2, -0.15) is 9.57 Å². The number of ether oxygens (including phenoxy) is 1. The van der Waals surface area contributed by atoms with Gasteiger partial charge >= 0.3 is 0 Å². The molecule has 2 aromatic carbocycles. The van der Waals surface area contributed by atoms with E-state index >= 15 is 0 Å². The molecule has 0 amide bonds. The van der Waals surface area contributed by atoms with E-state index in [0.717, 1.165) is 5.56 Å². The topological polar surface area (TPSA) is 87.5 Å². The van der Waals surface area contributed by atoms with Gasteiger partial charge < -0.3 is 4.74 Å². The van der Waals surface area contributed by atoms with Crippen molar-refractivity contribution in [2.45, 2.75) is 30.7 Å². The molecule has 1 saturated heterocycles. The number of hydrogen-bond acceptors (Lipinski definition) is 5. The fourth-order valence-electron chi connectivity index (χ4n) is 3.42. The molecule has 7 heteroatoms. The van der Waals surface area contributed by atoms with Crippen LogP contribution in [0.3, 0.4) is 0 Å². The molecule has 1 heterocycles. The first-order chi connectivity index (χ1) is 12.9. The molecular weight excluding hydrogens is 364 g/mol. The third-order valence-corrected chi connectivity index (χ3v) is 6.75. The Morgan fingerprint density at radius 2 is 2.00 bits per heavy atom. The van der Waals surface area contributed by atoms with Crippen molar-refractivity contribution in [3.63, 3.8) is 0 Å². The SMILES string of the molecule is COc1ccc(C(=O)C2CCCN2S(=O)(=O)c2ccccc2C#N)cc1C. The third kappa shape index (κ3) is 3.46. The quantitative estimate of drug-likeness (QED) is 0.740. The molecule has 1 aliphatic rings. The molecule has 0 saturated carbocycles. The summed E-state index contributed by atoms with van der Waals surface area (Å²) < 4.78 is 32.7. The second kappa shape index (κ2) is 7.51. The van der Waals surface area contributed by atoms with Crippen LogP contribution in [0.25, 0.3) is 0 Å². The molecule has 0 aromatic heterocycles. The van der Waals surface area contributed by atoms with Crippen molar-refractivity contribution >= 4 is 15.8 Å². The zero-order chi connectivity index (χ0) is 19.6. The molecule has 0 N–H and O–H groups in total. The number of ketones is 1. The lowest BCUT2D eigenvalue weighted by atomic mass is 10.0. The smallest absolute Gasteiger partial charge is 0.245 e. The van der Waals surface area contributed by atoms with Crippen LogP contribution in [0.4, 0.5) is 0 Å². The van der Waals surface area contributed by atoms with Crippen LogP contribution < -0.4 is 4.74 Å². The number of sulfonamides is 1. The monoisotopic (exact) mass is 384 g/mol. The first kappa shape index (κ1) is 19.1. The van der Waals surface area contributed by atoms with Gasteiger partial charge in [-0.15, -0.1) is 0 Å². The van der Waals surface area contributed by atoms with E-state index in [0.29, 0.717) is 24.2 Å². The second-order valence-corrected chi connectivity index (χ2v) is 8.29.